The smallest absolute Gasteiger partial charge is 0.400 e. The standard InChI is InChI=1S/C28H29F4NO2Si/c1-27(2,3)36(20-10-6-4-7-11-20,21-12-8-5-9-13-21)35-25-17-16-24(33-26(34)28(30,31)32)23-18-19(29)14-15-22(23)25/h4-15,18,24-25H,16-17H2,1-3H3,(H,33,34). The van der Waals surface area contributed by atoms with Crippen LogP contribution in [0.2, 0.25) is 5.04 Å². The molecule has 0 heterocycles. The van der Waals surface area contributed by atoms with Crippen LogP contribution in [-0.2, 0) is 9.22 Å². The highest BCUT2D eigenvalue weighted by Crippen LogP contribution is 2.45. The van der Waals surface area contributed by atoms with Crippen molar-refractivity contribution >= 4 is 24.6 Å². The maximum Gasteiger partial charge on any atom is 0.471 e. The third-order valence-electron chi connectivity index (χ3n) is 6.79. The summed E-state index contributed by atoms with van der Waals surface area (Å²) < 4.78 is 60.3. The molecule has 1 aliphatic carbocycles. The van der Waals surface area contributed by atoms with E-state index in [4.69, 9.17) is 4.43 Å². The minimum Gasteiger partial charge on any atom is -0.400 e. The molecule has 3 nitrogen and oxygen atoms in total. The van der Waals surface area contributed by atoms with E-state index >= 15 is 0 Å². The number of halogens is 4. The fraction of sp³-hybridized carbons (Fsp3) is 0.321. The van der Waals surface area contributed by atoms with Crippen molar-refractivity contribution in [3.8, 4) is 0 Å². The van der Waals surface area contributed by atoms with Gasteiger partial charge in [-0.25, -0.2) is 4.39 Å². The normalized spacial score (nSPS) is 18.4. The van der Waals surface area contributed by atoms with Gasteiger partial charge in [0.05, 0.1) is 12.1 Å². The molecule has 0 fully saturated rings. The lowest BCUT2D eigenvalue weighted by molar-refractivity contribution is -0.174. The average Bonchev–Trinajstić information content (AvgIpc) is 2.83. The van der Waals surface area contributed by atoms with Gasteiger partial charge >= 0.3 is 12.1 Å². The van der Waals surface area contributed by atoms with Crippen LogP contribution < -0.4 is 15.7 Å². The van der Waals surface area contributed by atoms with E-state index < -0.39 is 38.4 Å². The summed E-state index contributed by atoms with van der Waals surface area (Å²) in [4.78, 5) is 11.7. The molecule has 190 valence electrons. The van der Waals surface area contributed by atoms with E-state index in [1.807, 2.05) is 41.7 Å². The van der Waals surface area contributed by atoms with Crippen LogP contribution >= 0.6 is 0 Å². The molecule has 0 aromatic heterocycles. The number of carbonyl (C=O) groups excluding carboxylic acids is 1. The van der Waals surface area contributed by atoms with E-state index in [-0.39, 0.29) is 11.5 Å². The molecule has 3 aromatic carbocycles. The average molecular weight is 516 g/mol. The second-order valence-corrected chi connectivity index (χ2v) is 14.4. The molecule has 0 spiro atoms. The molecule has 3 aromatic rings. The topological polar surface area (TPSA) is 38.3 Å². The quantitative estimate of drug-likeness (QED) is 0.337. The molecule has 1 aliphatic rings. The Labute approximate surface area is 209 Å². The SMILES string of the molecule is CC(C)(C)[Si](OC1CCC(NC(=O)C(F)(F)F)c2cc(F)ccc21)(c1ccccc1)c1ccccc1. The zero-order chi connectivity index (χ0) is 26.1. The second-order valence-electron chi connectivity index (χ2n) is 10.1. The molecule has 1 N–H and O–H groups in total. The van der Waals surface area contributed by atoms with Crippen LogP contribution in [0.15, 0.2) is 78.9 Å². The highest BCUT2D eigenvalue weighted by atomic mass is 28.4. The molecule has 0 radical (unpaired) electrons. The maximum atomic E-state index is 14.3. The monoisotopic (exact) mass is 515 g/mol. The Morgan fingerprint density at radius 1 is 0.861 bits per heavy atom. The van der Waals surface area contributed by atoms with Crippen LogP contribution in [0.3, 0.4) is 0 Å². The van der Waals surface area contributed by atoms with Crippen molar-refractivity contribution in [1.29, 1.82) is 0 Å². The van der Waals surface area contributed by atoms with Gasteiger partial charge in [0, 0.05) is 0 Å². The van der Waals surface area contributed by atoms with Crippen LogP contribution in [0.5, 0.6) is 0 Å². The van der Waals surface area contributed by atoms with Crippen molar-refractivity contribution in [3.05, 3.63) is 95.8 Å². The van der Waals surface area contributed by atoms with Crippen molar-refractivity contribution in [1.82, 2.24) is 5.32 Å². The Balaban J connectivity index is 1.82. The lowest BCUT2D eigenvalue weighted by Crippen LogP contribution is -2.67. The molecule has 0 aliphatic heterocycles. The van der Waals surface area contributed by atoms with Gasteiger partial charge in [0.25, 0.3) is 8.32 Å². The van der Waals surface area contributed by atoms with Gasteiger partial charge in [0.1, 0.15) is 5.82 Å². The zero-order valence-electron chi connectivity index (χ0n) is 20.4. The first kappa shape index (κ1) is 26.1. The number of nitrogens with one attached hydrogen (secondary N) is 1. The van der Waals surface area contributed by atoms with Crippen LogP contribution in [0.1, 0.15) is 56.9 Å². The van der Waals surface area contributed by atoms with Gasteiger partial charge in [-0.2, -0.15) is 13.2 Å². The molecule has 2 atom stereocenters. The van der Waals surface area contributed by atoms with Gasteiger partial charge in [-0.1, -0.05) is 87.5 Å². The minimum atomic E-state index is -5.02. The number of benzene rings is 3. The number of fused-ring (bicyclic) bond motifs is 1. The molecule has 0 saturated heterocycles. The largest absolute Gasteiger partial charge is 0.471 e. The Bertz CT molecular complexity index is 1170. The van der Waals surface area contributed by atoms with Gasteiger partial charge in [0.15, 0.2) is 0 Å². The van der Waals surface area contributed by atoms with Gasteiger partial charge in [-0.15, -0.1) is 0 Å². The van der Waals surface area contributed by atoms with Crippen molar-refractivity contribution in [2.45, 2.75) is 57.0 Å². The zero-order valence-corrected chi connectivity index (χ0v) is 21.4. The van der Waals surface area contributed by atoms with Crippen LogP contribution in [0.25, 0.3) is 0 Å². The summed E-state index contributed by atoms with van der Waals surface area (Å²) in [5, 5.41) is 3.87. The molecular formula is C28H29F4NO2Si. The van der Waals surface area contributed by atoms with E-state index in [0.29, 0.717) is 17.5 Å². The van der Waals surface area contributed by atoms with Gasteiger partial charge in [-0.05, 0) is 51.5 Å². The van der Waals surface area contributed by atoms with E-state index in [0.717, 1.165) is 10.4 Å². The number of hydrogen-bond acceptors (Lipinski definition) is 2. The second kappa shape index (κ2) is 9.82. The molecule has 2 unspecified atom stereocenters. The summed E-state index contributed by atoms with van der Waals surface area (Å²) in [5.41, 5.74) is 0.921. The summed E-state index contributed by atoms with van der Waals surface area (Å²) in [6, 6.07) is 23.1. The first-order valence-electron chi connectivity index (χ1n) is 11.9. The lowest BCUT2D eigenvalue weighted by Gasteiger charge is -2.46. The predicted molar refractivity (Wildman–Crippen MR) is 134 cm³/mol. The molecule has 0 saturated carbocycles. The van der Waals surface area contributed by atoms with E-state index in [1.165, 1.54) is 12.1 Å². The Morgan fingerprint density at radius 3 is 1.92 bits per heavy atom. The van der Waals surface area contributed by atoms with Gasteiger partial charge in [-0.3, -0.25) is 4.79 Å². The summed E-state index contributed by atoms with van der Waals surface area (Å²) in [6.45, 7) is 6.42. The summed E-state index contributed by atoms with van der Waals surface area (Å²) >= 11 is 0. The number of alkyl halides is 3. The summed E-state index contributed by atoms with van der Waals surface area (Å²) in [5.74, 6) is -2.61. The summed E-state index contributed by atoms with van der Waals surface area (Å²) in [6.07, 6.45) is -4.92. The van der Waals surface area contributed by atoms with Crippen LogP contribution in [0.4, 0.5) is 17.6 Å². The third-order valence-corrected chi connectivity index (χ3v) is 11.8. The first-order valence-corrected chi connectivity index (χ1v) is 13.8. The van der Waals surface area contributed by atoms with Crippen LogP contribution in [-0.4, -0.2) is 20.4 Å². The molecule has 4 rings (SSSR count). The molecule has 0 bridgehead atoms. The van der Waals surface area contributed by atoms with Gasteiger partial charge < -0.3 is 9.74 Å². The van der Waals surface area contributed by atoms with Crippen molar-refractivity contribution in [2.24, 2.45) is 0 Å². The highest BCUT2D eigenvalue weighted by molar-refractivity contribution is 6.99. The highest BCUT2D eigenvalue weighted by Gasteiger charge is 2.52. The van der Waals surface area contributed by atoms with Crippen molar-refractivity contribution in [3.63, 3.8) is 0 Å². The molecule has 8 heteroatoms. The Morgan fingerprint density at radius 2 is 1.42 bits per heavy atom. The van der Waals surface area contributed by atoms with Crippen molar-refractivity contribution in [2.75, 3.05) is 0 Å². The third kappa shape index (κ3) is 4.97. The first-order chi connectivity index (χ1) is 16.9. The van der Waals surface area contributed by atoms with E-state index in [1.54, 1.807) is 6.07 Å². The number of rotatable bonds is 5. The molecule has 36 heavy (non-hydrogen) atoms. The fourth-order valence-corrected chi connectivity index (χ4v) is 9.87. The van der Waals surface area contributed by atoms with Crippen LogP contribution in [0, 0.1) is 5.82 Å². The van der Waals surface area contributed by atoms with E-state index in [9.17, 15) is 22.4 Å². The molecule has 1 amide bonds. The van der Waals surface area contributed by atoms with E-state index in [2.05, 4.69) is 45.0 Å². The Hall–Kier alpha value is -2.97. The minimum absolute atomic E-state index is 0.196. The van der Waals surface area contributed by atoms with Crippen molar-refractivity contribution < 1.29 is 26.8 Å². The maximum absolute atomic E-state index is 14.3. The number of amides is 1. The fourth-order valence-electron chi connectivity index (χ4n) is 5.19. The van der Waals surface area contributed by atoms with Gasteiger partial charge in [0.2, 0.25) is 0 Å². The number of carbonyl (C=O) groups is 1. The Kier molecular flexibility index (Phi) is 7.12. The lowest BCUT2D eigenvalue weighted by atomic mass is 9.85. The molecular weight excluding hydrogens is 486 g/mol. The number of hydrogen-bond donors (Lipinski definition) is 1. The summed E-state index contributed by atoms with van der Waals surface area (Å²) in [7, 11) is -2.96. The predicted octanol–water partition coefficient (Wildman–Crippen LogP) is 5.96.